The van der Waals surface area contributed by atoms with E-state index in [2.05, 4.69) is 43.8 Å². The van der Waals surface area contributed by atoms with Crippen molar-refractivity contribution in [3.63, 3.8) is 0 Å². The highest BCUT2D eigenvalue weighted by molar-refractivity contribution is 7.14. The van der Waals surface area contributed by atoms with Crippen LogP contribution in [0.2, 0.25) is 0 Å². The van der Waals surface area contributed by atoms with Crippen molar-refractivity contribution in [3.8, 4) is 10.6 Å². The summed E-state index contributed by atoms with van der Waals surface area (Å²) in [6.45, 7) is 8.74. The van der Waals surface area contributed by atoms with Crippen LogP contribution in [0.1, 0.15) is 32.0 Å². The van der Waals surface area contributed by atoms with Gasteiger partial charge in [0.05, 0.1) is 5.69 Å². The van der Waals surface area contributed by atoms with Gasteiger partial charge in [-0.15, -0.1) is 11.3 Å². The molecule has 2 heterocycles. The number of thiazole rings is 1. The molecule has 0 unspecified atom stereocenters. The minimum absolute atomic E-state index is 0.151. The van der Waals surface area contributed by atoms with E-state index in [0.29, 0.717) is 0 Å². The van der Waals surface area contributed by atoms with Crippen molar-refractivity contribution >= 4 is 22.7 Å². The average Bonchev–Trinajstić information content (AvgIpc) is 2.69. The Bertz CT molecular complexity index is 460. The number of hydrogen-bond donors (Lipinski definition) is 0. The van der Waals surface area contributed by atoms with Gasteiger partial charge in [0.25, 0.3) is 0 Å². The van der Waals surface area contributed by atoms with Crippen LogP contribution in [-0.2, 0) is 5.41 Å². The van der Waals surface area contributed by atoms with Gasteiger partial charge in [0.2, 0.25) is 0 Å². The summed E-state index contributed by atoms with van der Waals surface area (Å²) in [4.78, 5) is 4.71. The number of aryl methyl sites for hydroxylation is 1. The summed E-state index contributed by atoms with van der Waals surface area (Å²) in [5, 5.41) is 7.68. The first-order chi connectivity index (χ1) is 6.98. The molecule has 0 atom stereocenters. The molecular formula is C12H15NS2. The summed E-state index contributed by atoms with van der Waals surface area (Å²) in [6, 6.07) is 0. The van der Waals surface area contributed by atoms with E-state index in [-0.39, 0.29) is 5.41 Å². The van der Waals surface area contributed by atoms with Gasteiger partial charge in [-0.3, -0.25) is 0 Å². The molecule has 1 nitrogen and oxygen atoms in total. The maximum atomic E-state index is 4.71. The highest BCUT2D eigenvalue weighted by Gasteiger charge is 2.18. The fraction of sp³-hybridized carbons (Fsp3) is 0.417. The van der Waals surface area contributed by atoms with Gasteiger partial charge >= 0.3 is 0 Å². The first-order valence-electron chi connectivity index (χ1n) is 4.97. The summed E-state index contributed by atoms with van der Waals surface area (Å²) >= 11 is 3.49. The van der Waals surface area contributed by atoms with Crippen LogP contribution in [0.3, 0.4) is 0 Å². The molecule has 0 radical (unpaired) electrons. The molecule has 80 valence electrons. The molecule has 0 aliphatic heterocycles. The molecule has 0 aromatic carbocycles. The lowest BCUT2D eigenvalue weighted by Gasteiger charge is -2.14. The molecular weight excluding hydrogens is 222 g/mol. The summed E-state index contributed by atoms with van der Waals surface area (Å²) in [6.07, 6.45) is 0. The van der Waals surface area contributed by atoms with Gasteiger partial charge in [-0.25, -0.2) is 4.98 Å². The zero-order valence-electron chi connectivity index (χ0n) is 9.50. The predicted octanol–water partition coefficient (Wildman–Crippen LogP) is 4.48. The first-order valence-corrected chi connectivity index (χ1v) is 6.80. The summed E-state index contributed by atoms with van der Waals surface area (Å²) in [7, 11) is 0. The van der Waals surface area contributed by atoms with E-state index >= 15 is 0 Å². The van der Waals surface area contributed by atoms with E-state index in [1.165, 1.54) is 16.8 Å². The minimum Gasteiger partial charge on any atom is -0.241 e. The molecule has 0 spiro atoms. The number of thiophene rings is 1. The van der Waals surface area contributed by atoms with E-state index in [1.54, 1.807) is 22.7 Å². The van der Waals surface area contributed by atoms with Crippen molar-refractivity contribution in [1.82, 2.24) is 4.98 Å². The van der Waals surface area contributed by atoms with Crippen LogP contribution in [0.4, 0.5) is 0 Å². The smallest absolute Gasteiger partial charge is 0.124 e. The van der Waals surface area contributed by atoms with Crippen molar-refractivity contribution in [3.05, 3.63) is 27.4 Å². The Labute approximate surface area is 98.8 Å². The molecule has 0 aliphatic carbocycles. The zero-order valence-corrected chi connectivity index (χ0v) is 11.1. The number of nitrogens with zero attached hydrogens (tertiary/aromatic N) is 1. The first kappa shape index (κ1) is 10.8. The summed E-state index contributed by atoms with van der Waals surface area (Å²) < 4.78 is 0. The second-order valence-corrected chi connectivity index (χ2v) is 6.36. The Balaban J connectivity index is 2.41. The van der Waals surface area contributed by atoms with Crippen LogP contribution in [0.5, 0.6) is 0 Å². The molecule has 15 heavy (non-hydrogen) atoms. The van der Waals surface area contributed by atoms with Crippen LogP contribution in [-0.4, -0.2) is 4.98 Å². The quantitative estimate of drug-likeness (QED) is 0.712. The lowest BCUT2D eigenvalue weighted by Crippen LogP contribution is -2.11. The van der Waals surface area contributed by atoms with Crippen LogP contribution >= 0.6 is 22.7 Å². The molecule has 0 saturated carbocycles. The third kappa shape index (κ3) is 2.13. The van der Waals surface area contributed by atoms with Crippen molar-refractivity contribution in [1.29, 1.82) is 0 Å². The molecule has 0 N–H and O–H groups in total. The Morgan fingerprint density at radius 1 is 1.13 bits per heavy atom. The van der Waals surface area contributed by atoms with Crippen LogP contribution in [0.25, 0.3) is 10.6 Å². The monoisotopic (exact) mass is 237 g/mol. The third-order valence-corrected chi connectivity index (χ3v) is 4.10. The van der Waals surface area contributed by atoms with Gasteiger partial charge in [0.1, 0.15) is 5.01 Å². The lowest BCUT2D eigenvalue weighted by atomic mass is 9.93. The van der Waals surface area contributed by atoms with Crippen LogP contribution in [0.15, 0.2) is 16.1 Å². The maximum absolute atomic E-state index is 4.71. The predicted molar refractivity (Wildman–Crippen MR) is 68.9 cm³/mol. The Morgan fingerprint density at radius 2 is 1.87 bits per heavy atom. The van der Waals surface area contributed by atoms with Crippen LogP contribution < -0.4 is 0 Å². The van der Waals surface area contributed by atoms with Crippen LogP contribution in [0, 0.1) is 6.92 Å². The standard InChI is InChI=1S/C12H15NS2/c1-8-5-14-6-9(8)11-13-10(7-15-11)12(2,3)4/h5-7H,1-4H3. The lowest BCUT2D eigenvalue weighted by molar-refractivity contribution is 0.573. The maximum Gasteiger partial charge on any atom is 0.124 e. The molecule has 2 aromatic rings. The second-order valence-electron chi connectivity index (χ2n) is 4.76. The van der Waals surface area contributed by atoms with Gasteiger partial charge in [0, 0.05) is 21.7 Å². The fourth-order valence-electron chi connectivity index (χ4n) is 1.32. The molecule has 0 aliphatic rings. The minimum atomic E-state index is 0.151. The highest BCUT2D eigenvalue weighted by atomic mass is 32.1. The van der Waals surface area contributed by atoms with Gasteiger partial charge in [-0.2, -0.15) is 11.3 Å². The van der Waals surface area contributed by atoms with E-state index in [4.69, 9.17) is 4.98 Å². The molecule has 2 rings (SSSR count). The molecule has 0 fully saturated rings. The van der Waals surface area contributed by atoms with Gasteiger partial charge in [-0.1, -0.05) is 20.8 Å². The number of aromatic nitrogens is 1. The molecule has 3 heteroatoms. The zero-order chi connectivity index (χ0) is 11.1. The average molecular weight is 237 g/mol. The van der Waals surface area contributed by atoms with Crippen molar-refractivity contribution in [2.75, 3.05) is 0 Å². The summed E-state index contributed by atoms with van der Waals surface area (Å²) in [5.74, 6) is 0. The topological polar surface area (TPSA) is 12.9 Å². The SMILES string of the molecule is Cc1cscc1-c1nc(C(C)(C)C)cs1. The number of rotatable bonds is 1. The number of hydrogen-bond acceptors (Lipinski definition) is 3. The summed E-state index contributed by atoms with van der Waals surface area (Å²) in [5.41, 5.74) is 3.96. The van der Waals surface area contributed by atoms with Crippen molar-refractivity contribution in [2.45, 2.75) is 33.1 Å². The van der Waals surface area contributed by atoms with E-state index in [9.17, 15) is 0 Å². The molecule has 0 bridgehead atoms. The Kier molecular flexibility index (Phi) is 2.69. The Hall–Kier alpha value is -0.670. The van der Waals surface area contributed by atoms with Gasteiger partial charge in [-0.05, 0) is 17.9 Å². The Morgan fingerprint density at radius 3 is 2.33 bits per heavy atom. The largest absolute Gasteiger partial charge is 0.241 e. The fourth-order valence-corrected chi connectivity index (χ4v) is 3.36. The van der Waals surface area contributed by atoms with E-state index in [1.807, 2.05) is 0 Å². The van der Waals surface area contributed by atoms with E-state index < -0.39 is 0 Å². The molecule has 0 saturated heterocycles. The molecule has 2 aromatic heterocycles. The van der Waals surface area contributed by atoms with Gasteiger partial charge in [0.15, 0.2) is 0 Å². The second kappa shape index (κ2) is 3.72. The van der Waals surface area contributed by atoms with E-state index in [0.717, 1.165) is 5.01 Å². The molecule has 0 amide bonds. The third-order valence-electron chi connectivity index (χ3n) is 2.36. The highest BCUT2D eigenvalue weighted by Crippen LogP contribution is 2.32. The normalized spacial score (nSPS) is 12.0. The van der Waals surface area contributed by atoms with Crippen molar-refractivity contribution < 1.29 is 0 Å². The van der Waals surface area contributed by atoms with Gasteiger partial charge < -0.3 is 0 Å². The van der Waals surface area contributed by atoms with Crippen molar-refractivity contribution in [2.24, 2.45) is 0 Å².